The molecule has 1 aliphatic carbocycles. The van der Waals surface area contributed by atoms with Crippen LogP contribution in [-0.2, 0) is 11.2 Å². The summed E-state index contributed by atoms with van der Waals surface area (Å²) in [5.74, 6) is 1.42. The van der Waals surface area contributed by atoms with Gasteiger partial charge in [0.1, 0.15) is 23.2 Å². The molecule has 2 aromatic rings. The Kier molecular flexibility index (Phi) is 6.04. The lowest BCUT2D eigenvalue weighted by Crippen LogP contribution is -2.35. The zero-order valence-corrected chi connectivity index (χ0v) is 17.5. The maximum absolute atomic E-state index is 12.5. The van der Waals surface area contributed by atoms with Gasteiger partial charge in [0.05, 0.1) is 0 Å². The van der Waals surface area contributed by atoms with Gasteiger partial charge in [0, 0.05) is 42.4 Å². The number of ketones is 1. The summed E-state index contributed by atoms with van der Waals surface area (Å²) < 4.78 is 11.9. The van der Waals surface area contributed by atoms with Gasteiger partial charge in [0.15, 0.2) is 0 Å². The van der Waals surface area contributed by atoms with Crippen LogP contribution in [0, 0.1) is 12.8 Å². The number of piperidine rings is 1. The average Bonchev–Trinajstić information content (AvgIpc) is 3.20. The summed E-state index contributed by atoms with van der Waals surface area (Å²) in [4.78, 5) is 27.3. The van der Waals surface area contributed by atoms with Crippen molar-refractivity contribution in [2.24, 2.45) is 5.92 Å². The van der Waals surface area contributed by atoms with E-state index >= 15 is 0 Å². The molecule has 0 N–H and O–H groups in total. The highest BCUT2D eigenvalue weighted by Gasteiger charge is 2.21. The third-order valence-electron chi connectivity index (χ3n) is 6.51. The quantitative estimate of drug-likeness (QED) is 0.682. The fourth-order valence-electron chi connectivity index (χ4n) is 4.70. The first-order valence-corrected chi connectivity index (χ1v) is 10.9. The van der Waals surface area contributed by atoms with E-state index in [1.165, 1.54) is 12.8 Å². The molecule has 1 aromatic heterocycles. The number of carbonyl (C=O) groups excluding carboxylic acids is 1. The lowest BCUT2D eigenvalue weighted by atomic mass is 9.97. The highest BCUT2D eigenvalue weighted by atomic mass is 16.5. The standard InChI is InChI=1S/C24H31NO4/c1-16-22(28-21-9-11-25(2)12-10-21)8-7-18-14-19(24(27)29-23(16)18)15-20(26)13-17-5-3-4-6-17/h7-8,14,17,21H,3-6,9-13,15H2,1-2H3. The molecule has 1 aliphatic heterocycles. The van der Waals surface area contributed by atoms with Gasteiger partial charge in [-0.1, -0.05) is 25.7 Å². The number of likely N-dealkylation sites (tertiary alicyclic amines) is 1. The van der Waals surface area contributed by atoms with Gasteiger partial charge in [-0.25, -0.2) is 4.79 Å². The van der Waals surface area contributed by atoms with Crippen LogP contribution in [0.15, 0.2) is 27.4 Å². The highest BCUT2D eigenvalue weighted by Crippen LogP contribution is 2.30. The second kappa shape index (κ2) is 8.70. The predicted molar refractivity (Wildman–Crippen MR) is 114 cm³/mol. The average molecular weight is 398 g/mol. The van der Waals surface area contributed by atoms with Gasteiger partial charge < -0.3 is 14.1 Å². The van der Waals surface area contributed by atoms with Crippen LogP contribution in [0.1, 0.15) is 56.1 Å². The summed E-state index contributed by atoms with van der Waals surface area (Å²) >= 11 is 0. The van der Waals surface area contributed by atoms with Crippen molar-refractivity contribution in [2.75, 3.05) is 20.1 Å². The molecule has 0 spiro atoms. The number of benzene rings is 1. The van der Waals surface area contributed by atoms with E-state index in [9.17, 15) is 9.59 Å². The van der Waals surface area contributed by atoms with Gasteiger partial charge in [-0.15, -0.1) is 0 Å². The molecule has 5 nitrogen and oxygen atoms in total. The van der Waals surface area contributed by atoms with Crippen LogP contribution in [0.4, 0.5) is 0 Å². The van der Waals surface area contributed by atoms with Crippen LogP contribution in [0.25, 0.3) is 11.0 Å². The van der Waals surface area contributed by atoms with E-state index in [-0.39, 0.29) is 18.3 Å². The van der Waals surface area contributed by atoms with Crippen molar-refractivity contribution in [3.8, 4) is 5.75 Å². The SMILES string of the molecule is Cc1c(OC2CCN(C)CC2)ccc2cc(CC(=O)CC3CCCC3)c(=O)oc12. The van der Waals surface area contributed by atoms with Crippen molar-refractivity contribution in [3.63, 3.8) is 0 Å². The summed E-state index contributed by atoms with van der Waals surface area (Å²) in [6, 6.07) is 5.71. The monoisotopic (exact) mass is 397 g/mol. The van der Waals surface area contributed by atoms with E-state index in [2.05, 4.69) is 11.9 Å². The van der Waals surface area contributed by atoms with Crippen molar-refractivity contribution >= 4 is 16.8 Å². The van der Waals surface area contributed by atoms with Crippen LogP contribution >= 0.6 is 0 Å². The number of nitrogens with zero attached hydrogens (tertiary/aromatic N) is 1. The second-order valence-electron chi connectivity index (χ2n) is 8.86. The van der Waals surface area contributed by atoms with E-state index in [0.717, 1.165) is 55.5 Å². The Balaban J connectivity index is 1.50. The number of rotatable bonds is 6. The van der Waals surface area contributed by atoms with E-state index in [0.29, 0.717) is 23.5 Å². The number of Topliss-reactive ketones (excluding diaryl/α,β-unsaturated/α-hetero) is 1. The molecule has 0 radical (unpaired) electrons. The highest BCUT2D eigenvalue weighted by molar-refractivity contribution is 5.85. The molecule has 0 atom stereocenters. The molecule has 2 aliphatic rings. The van der Waals surface area contributed by atoms with Crippen molar-refractivity contribution in [1.82, 2.24) is 4.90 Å². The fourth-order valence-corrected chi connectivity index (χ4v) is 4.70. The van der Waals surface area contributed by atoms with Crippen molar-refractivity contribution in [1.29, 1.82) is 0 Å². The van der Waals surface area contributed by atoms with Gasteiger partial charge >= 0.3 is 5.63 Å². The van der Waals surface area contributed by atoms with Crippen LogP contribution in [0.3, 0.4) is 0 Å². The molecule has 1 saturated carbocycles. The Labute approximate surface area is 172 Å². The largest absolute Gasteiger partial charge is 0.490 e. The minimum atomic E-state index is -0.406. The Morgan fingerprint density at radius 2 is 1.90 bits per heavy atom. The summed E-state index contributed by atoms with van der Waals surface area (Å²) in [7, 11) is 2.13. The summed E-state index contributed by atoms with van der Waals surface area (Å²) in [6.45, 7) is 4.00. The molecule has 4 rings (SSSR count). The van der Waals surface area contributed by atoms with Gasteiger partial charge in [0.2, 0.25) is 0 Å². The molecule has 2 fully saturated rings. The Morgan fingerprint density at radius 3 is 2.62 bits per heavy atom. The molecule has 1 aromatic carbocycles. The summed E-state index contributed by atoms with van der Waals surface area (Å²) in [5.41, 5.74) is 1.47. The number of aryl methyl sites for hydroxylation is 1. The molecule has 156 valence electrons. The Morgan fingerprint density at radius 1 is 1.17 bits per heavy atom. The molecule has 2 heterocycles. The number of fused-ring (bicyclic) bond motifs is 1. The molecule has 29 heavy (non-hydrogen) atoms. The van der Waals surface area contributed by atoms with Gasteiger partial charge in [-0.2, -0.15) is 0 Å². The third kappa shape index (κ3) is 4.72. The van der Waals surface area contributed by atoms with Gasteiger partial charge in [-0.05, 0) is 50.9 Å². The van der Waals surface area contributed by atoms with Crippen LogP contribution in [-0.4, -0.2) is 36.9 Å². The first kappa shape index (κ1) is 20.1. The number of hydrogen-bond acceptors (Lipinski definition) is 5. The van der Waals surface area contributed by atoms with E-state index < -0.39 is 5.63 Å². The Bertz CT molecular complexity index is 934. The number of hydrogen-bond donors (Lipinski definition) is 0. The van der Waals surface area contributed by atoms with Crippen molar-refractivity contribution in [2.45, 2.75) is 64.4 Å². The zero-order chi connectivity index (χ0) is 20.4. The molecule has 0 amide bonds. The smallest absolute Gasteiger partial charge is 0.339 e. The molecule has 0 unspecified atom stereocenters. The van der Waals surface area contributed by atoms with Crippen molar-refractivity contribution < 1.29 is 13.9 Å². The zero-order valence-electron chi connectivity index (χ0n) is 17.5. The third-order valence-corrected chi connectivity index (χ3v) is 6.51. The van der Waals surface area contributed by atoms with Gasteiger partial charge in [0.25, 0.3) is 0 Å². The number of carbonyl (C=O) groups is 1. The maximum Gasteiger partial charge on any atom is 0.339 e. The normalized spacial score (nSPS) is 19.1. The van der Waals surface area contributed by atoms with Crippen LogP contribution in [0.5, 0.6) is 5.75 Å². The second-order valence-corrected chi connectivity index (χ2v) is 8.86. The lowest BCUT2D eigenvalue weighted by Gasteiger charge is -2.29. The summed E-state index contributed by atoms with van der Waals surface area (Å²) in [5, 5.41) is 0.849. The van der Waals surface area contributed by atoms with Crippen LogP contribution in [0.2, 0.25) is 0 Å². The molecule has 0 bridgehead atoms. The minimum Gasteiger partial charge on any atom is -0.490 e. The van der Waals surface area contributed by atoms with Crippen molar-refractivity contribution in [3.05, 3.63) is 39.7 Å². The van der Waals surface area contributed by atoms with Crippen LogP contribution < -0.4 is 10.4 Å². The molecule has 1 saturated heterocycles. The van der Waals surface area contributed by atoms with E-state index in [1.807, 2.05) is 25.1 Å². The van der Waals surface area contributed by atoms with E-state index in [1.54, 1.807) is 0 Å². The number of ether oxygens (including phenoxy) is 1. The topological polar surface area (TPSA) is 59.8 Å². The summed E-state index contributed by atoms with van der Waals surface area (Å²) in [6.07, 6.45) is 7.66. The molecule has 5 heteroatoms. The predicted octanol–water partition coefficient (Wildman–Crippen LogP) is 4.27. The minimum absolute atomic E-state index is 0.141. The maximum atomic E-state index is 12.5. The molecular weight excluding hydrogens is 366 g/mol. The first-order chi connectivity index (χ1) is 14.0. The fraction of sp³-hybridized carbons (Fsp3) is 0.583. The molecular formula is C24H31NO4. The van der Waals surface area contributed by atoms with Gasteiger partial charge in [-0.3, -0.25) is 4.79 Å². The van der Waals surface area contributed by atoms with E-state index in [4.69, 9.17) is 9.15 Å². The Hall–Kier alpha value is -2.14. The lowest BCUT2D eigenvalue weighted by molar-refractivity contribution is -0.119. The first-order valence-electron chi connectivity index (χ1n) is 10.9.